The Bertz CT molecular complexity index is 1160. The fourth-order valence-corrected chi connectivity index (χ4v) is 4.45. The fourth-order valence-electron chi connectivity index (χ4n) is 4.45. The summed E-state index contributed by atoms with van der Waals surface area (Å²) in [5.41, 5.74) is 14.5. The molecule has 1 aliphatic rings. The van der Waals surface area contributed by atoms with Gasteiger partial charge in [0.25, 0.3) is 5.56 Å². The molecule has 1 aliphatic carbocycles. The van der Waals surface area contributed by atoms with Gasteiger partial charge in [-0.15, -0.1) is 24.8 Å². The molecule has 0 saturated carbocycles. The molecule has 0 fully saturated rings. The number of benzene rings is 2. The van der Waals surface area contributed by atoms with Crippen LogP contribution in [0.1, 0.15) is 41.6 Å². The number of pyridine rings is 1. The Labute approximate surface area is 206 Å². The van der Waals surface area contributed by atoms with E-state index in [0.717, 1.165) is 55.4 Å². The van der Waals surface area contributed by atoms with Crippen molar-refractivity contribution in [1.29, 1.82) is 0 Å². The minimum atomic E-state index is -0.0441. The minimum Gasteiger partial charge on any atom is -0.330 e. The van der Waals surface area contributed by atoms with Crippen LogP contribution in [0.2, 0.25) is 0 Å². The molecule has 0 bridgehead atoms. The summed E-state index contributed by atoms with van der Waals surface area (Å²) in [7, 11) is 0. The number of nitrogens with one attached hydrogen (secondary N) is 1. The molecule has 0 spiro atoms. The lowest BCUT2D eigenvalue weighted by molar-refractivity contribution is 0.104. The molecular formula is C25H32Cl2N4O2. The molecule has 0 radical (unpaired) electrons. The predicted octanol–water partition coefficient (Wildman–Crippen LogP) is 3.49. The van der Waals surface area contributed by atoms with Crippen LogP contribution in [0, 0.1) is 0 Å². The number of carbonyl (C=O) groups excluding carboxylic acids is 1. The molecule has 1 aromatic heterocycles. The number of halogens is 2. The lowest BCUT2D eigenvalue weighted by Crippen LogP contribution is -2.35. The molecule has 1 heterocycles. The van der Waals surface area contributed by atoms with Gasteiger partial charge in [-0.1, -0.05) is 48.9 Å². The van der Waals surface area contributed by atoms with E-state index in [1.807, 2.05) is 48.5 Å². The van der Waals surface area contributed by atoms with Crippen LogP contribution >= 0.6 is 24.8 Å². The molecule has 0 aliphatic heterocycles. The van der Waals surface area contributed by atoms with Crippen molar-refractivity contribution in [3.05, 3.63) is 70.0 Å². The topological polar surface area (TPSA) is 103 Å². The minimum absolute atomic E-state index is 0. The summed E-state index contributed by atoms with van der Waals surface area (Å²) in [5.74, 6) is -0.00266. The van der Waals surface area contributed by atoms with Crippen LogP contribution in [0.25, 0.3) is 22.0 Å². The van der Waals surface area contributed by atoms with Crippen LogP contribution in [-0.2, 0) is 6.54 Å². The molecule has 0 amide bonds. The number of nitrogens with zero attached hydrogens (tertiary/aromatic N) is 1. The summed E-state index contributed by atoms with van der Waals surface area (Å²) in [5, 5.41) is 4.73. The van der Waals surface area contributed by atoms with Crippen molar-refractivity contribution in [2.75, 3.05) is 19.6 Å². The Kier molecular flexibility index (Phi) is 10.1. The van der Waals surface area contributed by atoms with Gasteiger partial charge in [0, 0.05) is 41.0 Å². The Balaban J connectivity index is 0.00000193. The van der Waals surface area contributed by atoms with E-state index in [1.165, 1.54) is 0 Å². The molecule has 6 nitrogen and oxygen atoms in total. The number of hydrogen-bond acceptors (Lipinski definition) is 5. The molecule has 8 heteroatoms. The number of unbranched alkanes of at least 4 members (excludes halogenated alkanes) is 1. The van der Waals surface area contributed by atoms with Gasteiger partial charge in [-0.2, -0.15) is 0 Å². The van der Waals surface area contributed by atoms with Crippen LogP contribution in [0.4, 0.5) is 0 Å². The molecule has 0 saturated heterocycles. The summed E-state index contributed by atoms with van der Waals surface area (Å²) < 4.78 is 1.78. The maximum Gasteiger partial charge on any atom is 0.258 e. The third kappa shape index (κ3) is 5.48. The van der Waals surface area contributed by atoms with E-state index in [4.69, 9.17) is 11.5 Å². The maximum absolute atomic E-state index is 13.3. The highest BCUT2D eigenvalue weighted by Gasteiger charge is 2.32. The van der Waals surface area contributed by atoms with Gasteiger partial charge in [-0.05, 0) is 38.4 Å². The lowest BCUT2D eigenvalue weighted by atomic mass is 10.0. The summed E-state index contributed by atoms with van der Waals surface area (Å²) >= 11 is 0. The zero-order valence-corrected chi connectivity index (χ0v) is 20.2. The third-order valence-electron chi connectivity index (χ3n) is 6.00. The molecule has 1 atom stereocenters. The van der Waals surface area contributed by atoms with Crippen LogP contribution in [0.5, 0.6) is 0 Å². The Hall–Kier alpha value is -2.22. The van der Waals surface area contributed by atoms with Crippen LogP contribution in [0.15, 0.2) is 53.3 Å². The number of ketones is 1. The first-order valence-electron chi connectivity index (χ1n) is 11.1. The van der Waals surface area contributed by atoms with E-state index < -0.39 is 0 Å². The molecule has 5 N–H and O–H groups in total. The van der Waals surface area contributed by atoms with Gasteiger partial charge in [-0.25, -0.2) is 0 Å². The SMILES string of the molecule is Cl.Cl.NCCCCC(N)CNCCCn1c2c(c3ccccc3c1=O)C(=O)c1ccccc1-2. The smallest absolute Gasteiger partial charge is 0.258 e. The monoisotopic (exact) mass is 490 g/mol. The van der Waals surface area contributed by atoms with E-state index >= 15 is 0 Å². The lowest BCUT2D eigenvalue weighted by Gasteiger charge is -2.16. The first-order valence-corrected chi connectivity index (χ1v) is 11.1. The summed E-state index contributed by atoms with van der Waals surface area (Å²) in [6.45, 7) is 2.75. The average Bonchev–Trinajstić information content (AvgIpc) is 3.08. The number of hydrogen-bond donors (Lipinski definition) is 3. The van der Waals surface area contributed by atoms with Crippen molar-refractivity contribution in [3.8, 4) is 11.3 Å². The standard InChI is InChI=1S/C25H30N4O2.2ClH/c26-13-6-5-8-17(27)16-28-14-7-15-29-23-19-10-2-3-11-20(19)24(30)22(23)18-9-1-4-12-21(18)25(29)31;;/h1-4,9-12,17,28H,5-8,13-16,26-27H2;2*1H. The second-order valence-electron chi connectivity index (χ2n) is 8.20. The first kappa shape index (κ1) is 27.0. The highest BCUT2D eigenvalue weighted by atomic mass is 35.5. The van der Waals surface area contributed by atoms with Gasteiger partial charge in [0.05, 0.1) is 11.3 Å². The van der Waals surface area contributed by atoms with E-state index in [9.17, 15) is 9.59 Å². The van der Waals surface area contributed by atoms with E-state index in [2.05, 4.69) is 5.32 Å². The van der Waals surface area contributed by atoms with Gasteiger partial charge in [0.15, 0.2) is 5.78 Å². The molecule has 2 aromatic carbocycles. The average molecular weight is 491 g/mol. The quantitative estimate of drug-likeness (QED) is 0.295. The van der Waals surface area contributed by atoms with Crippen molar-refractivity contribution in [2.24, 2.45) is 11.5 Å². The zero-order valence-electron chi connectivity index (χ0n) is 18.6. The van der Waals surface area contributed by atoms with Crippen molar-refractivity contribution in [2.45, 2.75) is 38.3 Å². The third-order valence-corrected chi connectivity index (χ3v) is 6.00. The molecule has 33 heavy (non-hydrogen) atoms. The molecule has 1 unspecified atom stereocenters. The predicted molar refractivity (Wildman–Crippen MR) is 140 cm³/mol. The van der Waals surface area contributed by atoms with Gasteiger partial charge in [0.1, 0.15) is 0 Å². The van der Waals surface area contributed by atoms with Crippen LogP contribution < -0.4 is 22.3 Å². The van der Waals surface area contributed by atoms with E-state index in [0.29, 0.717) is 29.6 Å². The normalized spacial score (nSPS) is 12.6. The van der Waals surface area contributed by atoms with Crippen molar-refractivity contribution in [3.63, 3.8) is 0 Å². The number of carbonyl (C=O) groups is 1. The van der Waals surface area contributed by atoms with Gasteiger partial charge < -0.3 is 21.4 Å². The number of aromatic nitrogens is 1. The van der Waals surface area contributed by atoms with E-state index in [1.54, 1.807) is 4.57 Å². The summed E-state index contributed by atoms with van der Waals surface area (Å²) in [6.07, 6.45) is 3.78. The molecule has 4 rings (SSSR count). The number of rotatable bonds is 10. The second kappa shape index (κ2) is 12.3. The highest BCUT2D eigenvalue weighted by Crippen LogP contribution is 2.39. The van der Waals surface area contributed by atoms with Crippen LogP contribution in [-0.4, -0.2) is 36.0 Å². The van der Waals surface area contributed by atoms with Gasteiger partial charge in [-0.3, -0.25) is 9.59 Å². The van der Waals surface area contributed by atoms with E-state index in [-0.39, 0.29) is 42.2 Å². The van der Waals surface area contributed by atoms with Gasteiger partial charge in [0.2, 0.25) is 0 Å². The zero-order chi connectivity index (χ0) is 21.8. The van der Waals surface area contributed by atoms with Crippen molar-refractivity contribution in [1.82, 2.24) is 9.88 Å². The molecule has 3 aromatic rings. The largest absolute Gasteiger partial charge is 0.330 e. The Morgan fingerprint density at radius 2 is 1.55 bits per heavy atom. The summed E-state index contributed by atoms with van der Waals surface area (Å²) in [4.78, 5) is 26.5. The number of fused-ring (bicyclic) bond motifs is 5. The Morgan fingerprint density at radius 3 is 2.27 bits per heavy atom. The molecule has 178 valence electrons. The fraction of sp³-hybridized carbons (Fsp3) is 0.360. The van der Waals surface area contributed by atoms with Crippen LogP contribution in [0.3, 0.4) is 0 Å². The number of nitrogens with two attached hydrogens (primary N) is 2. The maximum atomic E-state index is 13.3. The van der Waals surface area contributed by atoms with Crippen molar-refractivity contribution < 1.29 is 4.79 Å². The Morgan fingerprint density at radius 1 is 0.879 bits per heavy atom. The first-order chi connectivity index (χ1) is 15.1. The van der Waals surface area contributed by atoms with Gasteiger partial charge >= 0.3 is 0 Å². The molecular weight excluding hydrogens is 459 g/mol. The summed E-state index contributed by atoms with van der Waals surface area (Å²) in [6, 6.07) is 15.1. The van der Waals surface area contributed by atoms with Crippen molar-refractivity contribution >= 4 is 41.4 Å². The highest BCUT2D eigenvalue weighted by molar-refractivity contribution is 6.26. The second-order valence-corrected chi connectivity index (χ2v) is 8.20.